The minimum Gasteiger partial charge on any atom is -0.526 e. The lowest BCUT2D eigenvalue weighted by Gasteiger charge is -2.39. The fourth-order valence-electron chi connectivity index (χ4n) is 9.15. The molecular weight excluding hydrogens is 645 g/mol. The highest BCUT2D eigenvalue weighted by molar-refractivity contribution is 6.49. The van der Waals surface area contributed by atoms with Crippen molar-refractivity contribution in [2.24, 2.45) is 0 Å². The van der Waals surface area contributed by atoms with Gasteiger partial charge in [0.05, 0.1) is 22.1 Å². The summed E-state index contributed by atoms with van der Waals surface area (Å²) >= 11 is 0. The highest BCUT2D eigenvalue weighted by atomic mass is 16.5. The molecule has 4 heteroatoms. The number of para-hydroxylation sites is 3. The molecule has 1 aromatic heterocycles. The maximum atomic E-state index is 8.87. The van der Waals surface area contributed by atoms with Crippen molar-refractivity contribution in [2.75, 3.05) is 0 Å². The quantitative estimate of drug-likeness (QED) is 0.123. The van der Waals surface area contributed by atoms with Crippen molar-refractivity contribution in [1.82, 2.24) is 4.57 Å². The molecule has 7 aromatic rings. The molecule has 1 radical (unpaired) electrons. The van der Waals surface area contributed by atoms with Crippen molar-refractivity contribution < 1.29 is 9.76 Å². The van der Waals surface area contributed by atoms with Gasteiger partial charge in [0.1, 0.15) is 0 Å². The van der Waals surface area contributed by atoms with E-state index in [0.29, 0.717) is 5.92 Å². The maximum Gasteiger partial charge on any atom is 0.625 e. The molecule has 0 saturated carbocycles. The second kappa shape index (κ2) is 11.5. The average molecular weight is 689 g/mol. The van der Waals surface area contributed by atoms with Crippen LogP contribution in [0.3, 0.4) is 0 Å². The molecule has 2 atom stereocenters. The van der Waals surface area contributed by atoms with Gasteiger partial charge in [0.15, 0.2) is 0 Å². The van der Waals surface area contributed by atoms with Crippen LogP contribution in [0.2, 0.25) is 0 Å². The van der Waals surface area contributed by atoms with E-state index in [1.165, 1.54) is 77.6 Å². The molecule has 3 nitrogen and oxygen atoms in total. The summed E-state index contributed by atoms with van der Waals surface area (Å²) < 4.78 is 7.64. The minimum absolute atomic E-state index is 0.386. The van der Waals surface area contributed by atoms with Crippen LogP contribution in [0.5, 0.6) is 0 Å². The van der Waals surface area contributed by atoms with Gasteiger partial charge in [-0.1, -0.05) is 133 Å². The zero-order chi connectivity index (χ0) is 36.1. The number of nitrogens with zero attached hydrogens (tertiary/aromatic N) is 1. The third-order valence-electron chi connectivity index (χ3n) is 12.6. The topological polar surface area (TPSA) is 40.6 Å². The molecule has 3 aliphatic rings. The number of fused-ring (bicyclic) bond motifs is 12. The highest BCUT2D eigenvalue weighted by Gasteiger charge is 2.52. The Morgan fingerprint density at radius 3 is 2.25 bits per heavy atom. The van der Waals surface area contributed by atoms with Gasteiger partial charge in [-0.2, -0.15) is 0 Å². The Morgan fingerprint density at radius 2 is 1.43 bits per heavy atom. The first-order chi connectivity index (χ1) is 25.7. The Balaban J connectivity index is 1.23. The molecule has 10 rings (SSSR count). The van der Waals surface area contributed by atoms with Crippen LogP contribution in [0.1, 0.15) is 73.4 Å². The molecule has 1 aliphatic heterocycles. The number of benzene rings is 6. The van der Waals surface area contributed by atoms with Crippen LogP contribution in [-0.2, 0) is 5.41 Å². The Bertz CT molecular complexity index is 2670. The largest absolute Gasteiger partial charge is 0.625 e. The van der Waals surface area contributed by atoms with E-state index in [-0.39, 0.29) is 0 Å². The molecule has 257 valence electrons. The van der Waals surface area contributed by atoms with Crippen LogP contribution >= 0.6 is 0 Å². The molecule has 6 aromatic carbocycles. The second-order valence-corrected chi connectivity index (χ2v) is 16.1. The number of hydrogen-bond donors (Lipinski definition) is 0. The van der Waals surface area contributed by atoms with Gasteiger partial charge in [-0.15, -0.1) is 0 Å². The molecule has 0 amide bonds. The van der Waals surface area contributed by atoms with E-state index in [1.54, 1.807) is 0 Å². The van der Waals surface area contributed by atoms with Gasteiger partial charge < -0.3 is 14.3 Å². The summed E-state index contributed by atoms with van der Waals surface area (Å²) in [6.07, 6.45) is 8.07. The molecule has 3 N–H and O–H groups in total. The SMILES string of the molecule is CC(C)([OH2+])C(C)(C)[OH+][B]c1cccc2c1-c1cc(C3=CCC(c4ccccc4)C=C3)ccc1C21c2ccccc2-n2c3ccccc3c3cccc1c32. The summed E-state index contributed by atoms with van der Waals surface area (Å²) in [5.74, 6) is 0.386. The number of aromatic nitrogens is 1. The summed E-state index contributed by atoms with van der Waals surface area (Å²) in [6, 6.07) is 49.5. The molecule has 2 unspecified atom stereocenters. The van der Waals surface area contributed by atoms with Gasteiger partial charge in [0, 0.05) is 49.8 Å². The molecule has 0 bridgehead atoms. The van der Waals surface area contributed by atoms with E-state index in [2.05, 4.69) is 170 Å². The smallest absolute Gasteiger partial charge is 0.526 e. The summed E-state index contributed by atoms with van der Waals surface area (Å²) in [6.45, 7) is 8.02. The van der Waals surface area contributed by atoms with Gasteiger partial charge in [-0.25, -0.2) is 0 Å². The van der Waals surface area contributed by atoms with Crippen LogP contribution in [0, 0.1) is 0 Å². The average Bonchev–Trinajstić information content (AvgIpc) is 3.68. The lowest BCUT2D eigenvalue weighted by Crippen LogP contribution is -2.52. The van der Waals surface area contributed by atoms with Crippen LogP contribution < -0.4 is 5.46 Å². The first kappa shape index (κ1) is 32.3. The third kappa shape index (κ3) is 4.55. The van der Waals surface area contributed by atoms with Crippen LogP contribution in [0.15, 0.2) is 152 Å². The van der Waals surface area contributed by atoms with Crippen molar-refractivity contribution in [1.29, 1.82) is 0 Å². The Labute approximate surface area is 312 Å². The minimum atomic E-state index is -0.740. The first-order valence-electron chi connectivity index (χ1n) is 18.8. The molecule has 0 saturated heterocycles. The predicted octanol–water partition coefficient (Wildman–Crippen LogP) is 9.64. The van der Waals surface area contributed by atoms with Crippen molar-refractivity contribution in [3.63, 3.8) is 0 Å². The van der Waals surface area contributed by atoms with E-state index >= 15 is 0 Å². The van der Waals surface area contributed by atoms with Crippen LogP contribution in [0.25, 0.3) is 44.2 Å². The zero-order valence-electron chi connectivity index (χ0n) is 30.7. The Kier molecular flexibility index (Phi) is 7.02. The second-order valence-electron chi connectivity index (χ2n) is 16.1. The third-order valence-corrected chi connectivity index (χ3v) is 12.6. The van der Waals surface area contributed by atoms with Crippen LogP contribution in [-0.4, -0.2) is 33.0 Å². The summed E-state index contributed by atoms with van der Waals surface area (Å²) in [5, 5.41) is 11.4. The van der Waals surface area contributed by atoms with Gasteiger partial charge in [0.25, 0.3) is 0 Å². The van der Waals surface area contributed by atoms with E-state index in [9.17, 15) is 0 Å². The predicted molar refractivity (Wildman–Crippen MR) is 222 cm³/mol. The molecule has 0 fully saturated rings. The van der Waals surface area contributed by atoms with E-state index in [4.69, 9.17) is 9.76 Å². The zero-order valence-corrected chi connectivity index (χ0v) is 30.7. The number of rotatable bonds is 6. The Morgan fingerprint density at radius 1 is 0.717 bits per heavy atom. The van der Waals surface area contributed by atoms with Crippen molar-refractivity contribution in [3.8, 4) is 16.8 Å². The maximum absolute atomic E-state index is 8.87. The Hall–Kier alpha value is -5.42. The van der Waals surface area contributed by atoms with Gasteiger partial charge in [-0.3, -0.25) is 0 Å². The van der Waals surface area contributed by atoms with E-state index in [0.717, 1.165) is 11.9 Å². The summed E-state index contributed by atoms with van der Waals surface area (Å²) in [7, 11) is 2.04. The first-order valence-corrected chi connectivity index (χ1v) is 18.8. The van der Waals surface area contributed by atoms with Gasteiger partial charge >= 0.3 is 7.48 Å². The standard InChI is InChI=1S/C49H42BNO2/c1-47(2,52)48(3,4)53-50-42-21-13-19-40-45(42)37-30-34(33-26-24-32(25-27-33)31-14-6-5-7-15-31)28-29-38(37)49(40)39-18-9-11-23-44(39)51-43-22-10-8-16-35(43)36-17-12-20-41(49)46(36)51/h5-24,26-30,32,52-53H,25H2,1-4H3/q+1/p+1. The van der Waals surface area contributed by atoms with Crippen molar-refractivity contribution in [3.05, 3.63) is 185 Å². The molecule has 2 heterocycles. The molecular formula is C49H43BNO2+2. The van der Waals surface area contributed by atoms with Gasteiger partial charge in [-0.05, 0) is 74.7 Å². The monoisotopic (exact) mass is 688 g/mol. The van der Waals surface area contributed by atoms with E-state index in [1.807, 2.05) is 21.3 Å². The van der Waals surface area contributed by atoms with Gasteiger partial charge in [0.2, 0.25) is 11.2 Å². The summed E-state index contributed by atoms with van der Waals surface area (Å²) in [5.41, 5.74) is 14.5. The summed E-state index contributed by atoms with van der Waals surface area (Å²) in [4.78, 5) is 0. The lowest BCUT2D eigenvalue weighted by molar-refractivity contribution is -0.157. The number of hydrogen-bond acceptors (Lipinski definition) is 0. The van der Waals surface area contributed by atoms with Crippen molar-refractivity contribution in [2.45, 2.75) is 56.7 Å². The normalized spacial score (nSPS) is 18.6. The fourth-order valence-corrected chi connectivity index (χ4v) is 9.15. The van der Waals surface area contributed by atoms with E-state index < -0.39 is 16.6 Å². The fraction of sp³-hybridized carbons (Fsp3) is 0.184. The lowest BCUT2D eigenvalue weighted by atomic mass is 9.65. The van der Waals surface area contributed by atoms with Crippen molar-refractivity contribution >= 4 is 40.3 Å². The highest BCUT2D eigenvalue weighted by Crippen LogP contribution is 2.61. The molecule has 1 spiro atoms. The molecule has 2 aliphatic carbocycles. The molecule has 53 heavy (non-hydrogen) atoms. The number of allylic oxidation sites excluding steroid dienone is 4. The number of aliphatic hydroxyl groups is 1. The van der Waals surface area contributed by atoms with Crippen LogP contribution in [0.4, 0.5) is 0 Å².